The molecule has 0 aromatic heterocycles. The van der Waals surface area contributed by atoms with Crippen molar-refractivity contribution >= 4 is 5.78 Å². The molecule has 0 aromatic rings. The molecular formula is C10H18O. The van der Waals surface area contributed by atoms with E-state index in [0.29, 0.717) is 5.78 Å². The fraction of sp³-hybridized carbons (Fsp3) is 0.900. The monoisotopic (exact) mass is 154 g/mol. The topological polar surface area (TPSA) is 17.1 Å². The van der Waals surface area contributed by atoms with E-state index in [2.05, 4.69) is 20.8 Å². The molecular weight excluding hydrogens is 136 g/mol. The summed E-state index contributed by atoms with van der Waals surface area (Å²) in [5.41, 5.74) is -0.0288. The van der Waals surface area contributed by atoms with Gasteiger partial charge in [0, 0.05) is 11.8 Å². The van der Waals surface area contributed by atoms with Gasteiger partial charge in [-0.3, -0.25) is 4.79 Å². The number of rotatable bonds is 1. The van der Waals surface area contributed by atoms with Crippen molar-refractivity contribution in [3.05, 3.63) is 0 Å². The first kappa shape index (κ1) is 8.76. The van der Waals surface area contributed by atoms with Crippen molar-refractivity contribution in [1.82, 2.24) is 0 Å². The third kappa shape index (κ3) is 1.82. The van der Waals surface area contributed by atoms with E-state index >= 15 is 0 Å². The van der Waals surface area contributed by atoms with Gasteiger partial charge in [-0.1, -0.05) is 27.2 Å². The largest absolute Gasteiger partial charge is 0.299 e. The molecule has 0 saturated heterocycles. The minimum absolute atomic E-state index is 0.0288. The zero-order valence-corrected chi connectivity index (χ0v) is 7.81. The third-order valence-corrected chi connectivity index (χ3v) is 2.91. The SMILES string of the molecule is CCC1CCC(=O)C(C)(C)C1. The highest BCUT2D eigenvalue weighted by Gasteiger charge is 2.34. The summed E-state index contributed by atoms with van der Waals surface area (Å²) < 4.78 is 0. The summed E-state index contributed by atoms with van der Waals surface area (Å²) in [5, 5.41) is 0. The summed E-state index contributed by atoms with van der Waals surface area (Å²) in [6.45, 7) is 6.38. The van der Waals surface area contributed by atoms with E-state index in [1.54, 1.807) is 0 Å². The van der Waals surface area contributed by atoms with Crippen LogP contribution in [0.25, 0.3) is 0 Å². The normalized spacial score (nSPS) is 30.5. The molecule has 1 fully saturated rings. The molecule has 1 unspecified atom stereocenters. The summed E-state index contributed by atoms with van der Waals surface area (Å²) >= 11 is 0. The van der Waals surface area contributed by atoms with Gasteiger partial charge in [0.25, 0.3) is 0 Å². The summed E-state index contributed by atoms with van der Waals surface area (Å²) in [5.74, 6) is 1.25. The predicted octanol–water partition coefficient (Wildman–Crippen LogP) is 2.79. The molecule has 0 radical (unpaired) electrons. The molecule has 1 nitrogen and oxygen atoms in total. The van der Waals surface area contributed by atoms with E-state index in [0.717, 1.165) is 25.2 Å². The van der Waals surface area contributed by atoms with E-state index in [4.69, 9.17) is 0 Å². The number of ketones is 1. The van der Waals surface area contributed by atoms with Gasteiger partial charge in [-0.2, -0.15) is 0 Å². The van der Waals surface area contributed by atoms with Crippen LogP contribution in [0.3, 0.4) is 0 Å². The standard InChI is InChI=1S/C10H18O/c1-4-8-5-6-9(11)10(2,3)7-8/h8H,4-7H2,1-3H3. The average Bonchev–Trinajstić information content (AvgIpc) is 1.95. The molecule has 0 aromatic carbocycles. The van der Waals surface area contributed by atoms with Crippen LogP contribution in [0.15, 0.2) is 0 Å². The molecule has 64 valence electrons. The van der Waals surface area contributed by atoms with Crippen LogP contribution in [-0.2, 0) is 4.79 Å². The number of carbonyl (C=O) groups is 1. The van der Waals surface area contributed by atoms with E-state index < -0.39 is 0 Å². The summed E-state index contributed by atoms with van der Waals surface area (Å²) in [6.07, 6.45) is 4.27. The van der Waals surface area contributed by atoms with Crippen molar-refractivity contribution in [1.29, 1.82) is 0 Å². The maximum atomic E-state index is 11.4. The van der Waals surface area contributed by atoms with Crippen molar-refractivity contribution < 1.29 is 4.79 Å². The Morgan fingerprint density at radius 3 is 2.64 bits per heavy atom. The van der Waals surface area contributed by atoms with E-state index in [1.807, 2.05) is 0 Å². The molecule has 0 spiro atoms. The van der Waals surface area contributed by atoms with Crippen LogP contribution in [0.5, 0.6) is 0 Å². The van der Waals surface area contributed by atoms with Gasteiger partial charge in [0.2, 0.25) is 0 Å². The van der Waals surface area contributed by atoms with Crippen LogP contribution >= 0.6 is 0 Å². The molecule has 1 aliphatic carbocycles. The highest BCUT2D eigenvalue weighted by Crippen LogP contribution is 2.36. The third-order valence-electron chi connectivity index (χ3n) is 2.91. The van der Waals surface area contributed by atoms with Crippen LogP contribution in [0.2, 0.25) is 0 Å². The van der Waals surface area contributed by atoms with Crippen molar-refractivity contribution in [3.63, 3.8) is 0 Å². The number of hydrogen-bond acceptors (Lipinski definition) is 1. The smallest absolute Gasteiger partial charge is 0.138 e. The summed E-state index contributed by atoms with van der Waals surface area (Å²) in [4.78, 5) is 11.4. The Morgan fingerprint density at radius 2 is 2.18 bits per heavy atom. The quantitative estimate of drug-likeness (QED) is 0.567. The first-order valence-electron chi connectivity index (χ1n) is 4.59. The van der Waals surface area contributed by atoms with Crippen LogP contribution in [0, 0.1) is 11.3 Å². The van der Waals surface area contributed by atoms with Crippen molar-refractivity contribution in [2.45, 2.75) is 46.5 Å². The fourth-order valence-corrected chi connectivity index (χ4v) is 1.96. The zero-order chi connectivity index (χ0) is 8.48. The summed E-state index contributed by atoms with van der Waals surface area (Å²) in [6, 6.07) is 0. The molecule has 1 aliphatic rings. The first-order chi connectivity index (χ1) is 5.06. The second kappa shape index (κ2) is 2.96. The molecule has 1 saturated carbocycles. The Bertz CT molecular complexity index is 158. The van der Waals surface area contributed by atoms with Crippen LogP contribution in [-0.4, -0.2) is 5.78 Å². The van der Waals surface area contributed by atoms with Gasteiger partial charge in [-0.25, -0.2) is 0 Å². The lowest BCUT2D eigenvalue weighted by atomic mass is 9.70. The van der Waals surface area contributed by atoms with Crippen LogP contribution in [0.4, 0.5) is 0 Å². The second-order valence-corrected chi connectivity index (χ2v) is 4.32. The van der Waals surface area contributed by atoms with Gasteiger partial charge in [-0.15, -0.1) is 0 Å². The van der Waals surface area contributed by atoms with E-state index in [1.165, 1.54) is 6.42 Å². The highest BCUT2D eigenvalue weighted by molar-refractivity contribution is 5.84. The van der Waals surface area contributed by atoms with Gasteiger partial charge < -0.3 is 0 Å². The maximum Gasteiger partial charge on any atom is 0.138 e. The Kier molecular flexibility index (Phi) is 2.36. The summed E-state index contributed by atoms with van der Waals surface area (Å²) in [7, 11) is 0. The molecule has 1 atom stereocenters. The molecule has 0 heterocycles. The van der Waals surface area contributed by atoms with Crippen LogP contribution < -0.4 is 0 Å². The number of carbonyl (C=O) groups excluding carboxylic acids is 1. The molecule has 1 heteroatoms. The minimum Gasteiger partial charge on any atom is -0.299 e. The van der Waals surface area contributed by atoms with Gasteiger partial charge in [0.15, 0.2) is 0 Å². The number of Topliss-reactive ketones (excluding diaryl/α,β-unsaturated/α-hetero) is 1. The van der Waals surface area contributed by atoms with Crippen molar-refractivity contribution in [2.75, 3.05) is 0 Å². The molecule has 0 amide bonds. The molecule has 11 heavy (non-hydrogen) atoms. The Morgan fingerprint density at radius 1 is 1.55 bits per heavy atom. The van der Waals surface area contributed by atoms with Gasteiger partial charge in [-0.05, 0) is 18.8 Å². The minimum atomic E-state index is -0.0288. The van der Waals surface area contributed by atoms with Crippen molar-refractivity contribution in [2.24, 2.45) is 11.3 Å². The molecule has 0 N–H and O–H groups in total. The Labute approximate surface area is 69.2 Å². The lowest BCUT2D eigenvalue weighted by molar-refractivity contribution is -0.130. The maximum absolute atomic E-state index is 11.4. The van der Waals surface area contributed by atoms with Gasteiger partial charge in [0.05, 0.1) is 0 Å². The Balaban J connectivity index is 2.59. The Hall–Kier alpha value is -0.330. The van der Waals surface area contributed by atoms with Crippen LogP contribution in [0.1, 0.15) is 46.5 Å². The molecule has 0 bridgehead atoms. The average molecular weight is 154 g/mol. The molecule has 1 rings (SSSR count). The zero-order valence-electron chi connectivity index (χ0n) is 7.81. The van der Waals surface area contributed by atoms with Gasteiger partial charge in [0.1, 0.15) is 5.78 Å². The second-order valence-electron chi connectivity index (χ2n) is 4.32. The van der Waals surface area contributed by atoms with Gasteiger partial charge >= 0.3 is 0 Å². The van der Waals surface area contributed by atoms with E-state index in [9.17, 15) is 4.79 Å². The fourth-order valence-electron chi connectivity index (χ4n) is 1.96. The lowest BCUT2D eigenvalue weighted by Gasteiger charge is -2.33. The van der Waals surface area contributed by atoms with Crippen molar-refractivity contribution in [3.8, 4) is 0 Å². The highest BCUT2D eigenvalue weighted by atomic mass is 16.1. The van der Waals surface area contributed by atoms with E-state index in [-0.39, 0.29) is 5.41 Å². The molecule has 0 aliphatic heterocycles. The lowest BCUT2D eigenvalue weighted by Crippen LogP contribution is -2.32. The number of hydrogen-bond donors (Lipinski definition) is 0. The predicted molar refractivity (Wildman–Crippen MR) is 46.4 cm³/mol. The first-order valence-corrected chi connectivity index (χ1v) is 4.59.